The first-order chi connectivity index (χ1) is 9.27. The highest BCUT2D eigenvalue weighted by atomic mass is 16.4. The van der Waals surface area contributed by atoms with Gasteiger partial charge in [0.1, 0.15) is 0 Å². The van der Waals surface area contributed by atoms with Gasteiger partial charge in [-0.2, -0.15) is 0 Å². The third-order valence-electron chi connectivity index (χ3n) is 3.37. The summed E-state index contributed by atoms with van der Waals surface area (Å²) in [4.78, 5) is 11.8. The zero-order chi connectivity index (χ0) is 13.0. The van der Waals surface area contributed by atoms with E-state index in [4.69, 9.17) is 10.2 Å². The van der Waals surface area contributed by atoms with Crippen LogP contribution in [0.3, 0.4) is 0 Å². The molecular weight excluding hydrogens is 240 g/mol. The maximum atomic E-state index is 11.8. The molecule has 2 heterocycles. The summed E-state index contributed by atoms with van der Waals surface area (Å²) in [5.41, 5.74) is 8.71. The van der Waals surface area contributed by atoms with Crippen LogP contribution in [0.4, 0.5) is 4.79 Å². The molecule has 0 atom stereocenters. The number of carbonyl (C=O) groups excluding carboxylic acids is 1. The zero-order valence-electron chi connectivity index (χ0n) is 9.96. The van der Waals surface area contributed by atoms with E-state index in [1.807, 2.05) is 48.5 Å². The highest BCUT2D eigenvalue weighted by Gasteiger charge is 2.15. The van der Waals surface area contributed by atoms with Crippen LogP contribution in [-0.2, 0) is 0 Å². The Morgan fingerprint density at radius 1 is 0.895 bits per heavy atom. The number of fused-ring (bicyclic) bond motifs is 4. The van der Waals surface area contributed by atoms with Crippen molar-refractivity contribution in [3.63, 3.8) is 0 Å². The Kier molecular flexibility index (Phi) is 1.82. The van der Waals surface area contributed by atoms with Gasteiger partial charge >= 0.3 is 6.03 Å². The number of amides is 1. The number of nitrogens with two attached hydrogens (primary N) is 1. The molecule has 0 radical (unpaired) electrons. The molecule has 2 N–H and O–H groups in total. The number of benzene rings is 2. The molecule has 0 unspecified atom stereocenters. The fraction of sp³-hybridized carbons (Fsp3) is 0. The van der Waals surface area contributed by atoms with Gasteiger partial charge in [0.05, 0.1) is 11.0 Å². The minimum atomic E-state index is -0.498. The van der Waals surface area contributed by atoms with Gasteiger partial charge in [-0.3, -0.25) is 4.57 Å². The first-order valence-corrected chi connectivity index (χ1v) is 5.98. The highest BCUT2D eigenvalue weighted by Crippen LogP contribution is 2.27. The smallest absolute Gasteiger partial charge is 0.323 e. The molecule has 0 bridgehead atoms. The first-order valence-electron chi connectivity index (χ1n) is 5.98. The van der Waals surface area contributed by atoms with Crippen LogP contribution in [0, 0.1) is 10.8 Å². The van der Waals surface area contributed by atoms with Crippen molar-refractivity contribution >= 4 is 27.8 Å². The number of hydrogen-bond acceptors (Lipinski definition) is 2. The van der Waals surface area contributed by atoms with Gasteiger partial charge in [-0.1, -0.05) is 24.3 Å². The van der Waals surface area contributed by atoms with Crippen molar-refractivity contribution in [3.05, 3.63) is 59.4 Å². The lowest BCUT2D eigenvalue weighted by atomic mass is 10.2. The van der Waals surface area contributed by atoms with Crippen molar-refractivity contribution in [1.29, 1.82) is 0 Å². The minimum absolute atomic E-state index is 0.498. The fourth-order valence-electron chi connectivity index (χ4n) is 2.52. The van der Waals surface area contributed by atoms with E-state index < -0.39 is 6.03 Å². The van der Waals surface area contributed by atoms with E-state index in [9.17, 15) is 4.79 Å². The largest absolute Gasteiger partial charge is 0.448 e. The molecule has 4 heteroatoms. The maximum Gasteiger partial charge on any atom is 0.323 e. The third kappa shape index (κ3) is 1.31. The van der Waals surface area contributed by atoms with Crippen LogP contribution in [-0.4, -0.2) is 10.6 Å². The summed E-state index contributed by atoms with van der Waals surface area (Å²) < 4.78 is 7.12. The maximum absolute atomic E-state index is 11.8. The Balaban J connectivity index is 2.44. The molecule has 2 aliphatic rings. The lowest BCUT2D eigenvalue weighted by Gasteiger charge is -2.06. The van der Waals surface area contributed by atoms with Crippen LogP contribution >= 0.6 is 0 Å². The molecule has 2 aromatic carbocycles. The van der Waals surface area contributed by atoms with Crippen LogP contribution in [0.25, 0.3) is 21.8 Å². The average molecular weight is 250 g/mol. The summed E-state index contributed by atoms with van der Waals surface area (Å²) in [6.45, 7) is 0. The molecule has 92 valence electrons. The first kappa shape index (κ1) is 10.2. The third-order valence-corrected chi connectivity index (χ3v) is 3.37. The minimum Gasteiger partial charge on any atom is -0.448 e. The molecule has 0 saturated carbocycles. The van der Waals surface area contributed by atoms with Gasteiger partial charge in [0.2, 0.25) is 0 Å². The summed E-state index contributed by atoms with van der Waals surface area (Å²) in [6.07, 6.45) is 0. The van der Waals surface area contributed by atoms with Gasteiger partial charge in [-0.05, 0) is 24.3 Å². The zero-order valence-corrected chi connectivity index (χ0v) is 9.96. The van der Waals surface area contributed by atoms with E-state index in [1.165, 1.54) is 4.57 Å². The van der Waals surface area contributed by atoms with E-state index in [1.54, 1.807) is 0 Å². The second-order valence-corrected chi connectivity index (χ2v) is 4.47. The normalized spacial score (nSPS) is 11.6. The second kappa shape index (κ2) is 3.38. The van der Waals surface area contributed by atoms with Gasteiger partial charge in [0.15, 0.2) is 10.8 Å². The van der Waals surface area contributed by atoms with Gasteiger partial charge < -0.3 is 10.2 Å². The summed E-state index contributed by atoms with van der Waals surface area (Å²) in [7, 11) is 0. The van der Waals surface area contributed by atoms with E-state index in [0.717, 1.165) is 32.6 Å². The van der Waals surface area contributed by atoms with Crippen LogP contribution in [0.5, 0.6) is 0 Å². The van der Waals surface area contributed by atoms with Crippen LogP contribution in [0.1, 0.15) is 0 Å². The molecule has 1 amide bonds. The number of rotatable bonds is 0. The summed E-state index contributed by atoms with van der Waals surface area (Å²) >= 11 is 0. The predicted octanol–water partition coefficient (Wildman–Crippen LogP) is 3.04. The number of aromatic nitrogens is 1. The number of carbonyl (C=O) groups is 1. The van der Waals surface area contributed by atoms with E-state index in [-0.39, 0.29) is 0 Å². The monoisotopic (exact) mass is 250 g/mol. The number of primary amides is 1. The van der Waals surface area contributed by atoms with Crippen LogP contribution < -0.4 is 5.73 Å². The highest BCUT2D eigenvalue weighted by molar-refractivity contribution is 5.98. The molecule has 0 spiro atoms. The molecule has 0 fully saturated rings. The Hall–Kier alpha value is -2.75. The average Bonchev–Trinajstić information content (AvgIpc) is 3.19. The number of hydrogen-bond donors (Lipinski definition) is 1. The molecule has 0 aliphatic carbocycles. The van der Waals surface area contributed by atoms with Crippen LogP contribution in [0.2, 0.25) is 0 Å². The van der Waals surface area contributed by atoms with E-state index >= 15 is 0 Å². The van der Waals surface area contributed by atoms with Gasteiger partial charge in [0, 0.05) is 10.8 Å². The summed E-state index contributed by atoms with van der Waals surface area (Å²) in [6, 6.07) is 14.7. The molecular formula is C15H10N2O2. The molecule has 2 aromatic rings. The second-order valence-electron chi connectivity index (χ2n) is 4.47. The van der Waals surface area contributed by atoms with Crippen molar-refractivity contribution in [1.82, 2.24) is 4.57 Å². The van der Waals surface area contributed by atoms with Crippen molar-refractivity contribution in [3.8, 4) is 0 Å². The van der Waals surface area contributed by atoms with Crippen molar-refractivity contribution in [2.75, 3.05) is 0 Å². The SMILES string of the molecule is NC(=O)n1c2ccccc2c2oc=2c2ccccc21. The summed E-state index contributed by atoms with van der Waals surface area (Å²) in [5.74, 6) is 0. The molecule has 2 aliphatic heterocycles. The summed E-state index contributed by atoms with van der Waals surface area (Å²) in [5, 5.41) is 1.79. The molecule has 4 nitrogen and oxygen atoms in total. The number of para-hydroxylation sites is 2. The standard InChI is InChI=1S/C15H10N2O2/c16-15(18)17-11-7-3-1-5-9(11)13-14(19-13)10-6-2-4-8-12(10)17/h1-8H,(H2,16,18). The van der Waals surface area contributed by atoms with Crippen molar-refractivity contribution < 1.29 is 9.21 Å². The fourth-order valence-corrected chi connectivity index (χ4v) is 2.52. The number of nitrogens with zero attached hydrogens (tertiary/aromatic N) is 1. The molecule has 0 aromatic heterocycles. The Morgan fingerprint density at radius 3 is 1.84 bits per heavy atom. The van der Waals surface area contributed by atoms with Crippen molar-refractivity contribution in [2.45, 2.75) is 0 Å². The lowest BCUT2D eigenvalue weighted by molar-refractivity contribution is 0.252. The molecule has 19 heavy (non-hydrogen) atoms. The Morgan fingerprint density at radius 2 is 1.37 bits per heavy atom. The van der Waals surface area contributed by atoms with Gasteiger partial charge in [0.25, 0.3) is 0 Å². The Labute approximate surface area is 107 Å². The van der Waals surface area contributed by atoms with Crippen molar-refractivity contribution in [2.24, 2.45) is 5.73 Å². The molecule has 0 saturated heterocycles. The lowest BCUT2D eigenvalue weighted by Crippen LogP contribution is -2.20. The van der Waals surface area contributed by atoms with E-state index in [0.29, 0.717) is 0 Å². The predicted molar refractivity (Wildman–Crippen MR) is 72.0 cm³/mol. The quantitative estimate of drug-likeness (QED) is 0.521. The van der Waals surface area contributed by atoms with Crippen LogP contribution in [0.15, 0.2) is 52.9 Å². The topological polar surface area (TPSA) is 61.2 Å². The molecule has 4 rings (SSSR count). The van der Waals surface area contributed by atoms with E-state index in [2.05, 4.69) is 0 Å². The van der Waals surface area contributed by atoms with Gasteiger partial charge in [-0.25, -0.2) is 4.79 Å². The Bertz CT molecular complexity index is 923. The van der Waals surface area contributed by atoms with Gasteiger partial charge in [-0.15, -0.1) is 0 Å².